The predicted molar refractivity (Wildman–Crippen MR) is 46.5 cm³/mol. The van der Waals surface area contributed by atoms with E-state index in [9.17, 15) is 4.79 Å². The van der Waals surface area contributed by atoms with Crippen LogP contribution in [0.3, 0.4) is 0 Å². The highest BCUT2D eigenvalue weighted by atomic mass is 16.2. The van der Waals surface area contributed by atoms with E-state index in [0.29, 0.717) is 18.5 Å². The molecule has 1 saturated heterocycles. The molecule has 2 rings (SSSR count). The molecule has 1 amide bonds. The summed E-state index contributed by atoms with van der Waals surface area (Å²) in [6.07, 6.45) is 3.77. The van der Waals surface area contributed by atoms with Gasteiger partial charge in [-0.2, -0.15) is 0 Å². The van der Waals surface area contributed by atoms with Crippen LogP contribution >= 0.6 is 0 Å². The Morgan fingerprint density at radius 2 is 2.50 bits per heavy atom. The molecule has 1 aliphatic heterocycles. The van der Waals surface area contributed by atoms with E-state index < -0.39 is 0 Å². The summed E-state index contributed by atoms with van der Waals surface area (Å²) in [6, 6.07) is 0.576. The van der Waals surface area contributed by atoms with Crippen LogP contribution in [0.5, 0.6) is 0 Å². The maximum absolute atomic E-state index is 11.3. The number of hydrogen-bond acceptors (Lipinski definition) is 2. The lowest BCUT2D eigenvalue weighted by molar-refractivity contribution is -0.127. The second kappa shape index (κ2) is 3.05. The molecule has 1 aliphatic carbocycles. The van der Waals surface area contributed by atoms with Crippen LogP contribution in [0.2, 0.25) is 0 Å². The third-order valence-electron chi connectivity index (χ3n) is 2.82. The summed E-state index contributed by atoms with van der Waals surface area (Å²) in [6.45, 7) is 3.54. The van der Waals surface area contributed by atoms with Gasteiger partial charge in [-0.3, -0.25) is 10.1 Å². The highest BCUT2D eigenvalue weighted by Gasteiger charge is 2.43. The fourth-order valence-corrected chi connectivity index (χ4v) is 2.07. The molecule has 0 bridgehead atoms. The lowest BCUT2D eigenvalue weighted by Gasteiger charge is -2.13. The molecule has 0 radical (unpaired) electrons. The SMILES string of the molecule is CCCC1CC1N1CNCC1=O. The van der Waals surface area contributed by atoms with E-state index in [1.165, 1.54) is 19.3 Å². The van der Waals surface area contributed by atoms with Gasteiger partial charge >= 0.3 is 0 Å². The molecule has 2 unspecified atom stereocenters. The van der Waals surface area contributed by atoms with Crippen molar-refractivity contribution in [2.75, 3.05) is 13.2 Å². The van der Waals surface area contributed by atoms with E-state index in [-0.39, 0.29) is 0 Å². The Bertz CT molecular complexity index is 193. The normalized spacial score (nSPS) is 34.4. The summed E-state index contributed by atoms with van der Waals surface area (Å²) in [5.74, 6) is 1.09. The van der Waals surface area contributed by atoms with Crippen molar-refractivity contribution in [3.63, 3.8) is 0 Å². The molecule has 0 aromatic carbocycles. The number of carbonyl (C=O) groups excluding carboxylic acids is 1. The summed E-state index contributed by atoms with van der Waals surface area (Å²) in [4.78, 5) is 13.3. The van der Waals surface area contributed by atoms with Crippen molar-refractivity contribution in [2.24, 2.45) is 5.92 Å². The molecule has 2 aliphatic rings. The van der Waals surface area contributed by atoms with Crippen LogP contribution in [-0.2, 0) is 4.79 Å². The molecule has 0 spiro atoms. The number of hydrogen-bond donors (Lipinski definition) is 1. The van der Waals surface area contributed by atoms with Crippen LogP contribution in [0.25, 0.3) is 0 Å². The summed E-state index contributed by atoms with van der Waals surface area (Å²) in [5, 5.41) is 3.08. The van der Waals surface area contributed by atoms with Crippen molar-refractivity contribution in [3.05, 3.63) is 0 Å². The first-order valence-corrected chi connectivity index (χ1v) is 4.83. The fraction of sp³-hybridized carbons (Fsp3) is 0.889. The van der Waals surface area contributed by atoms with Gasteiger partial charge in [0.2, 0.25) is 5.91 Å². The second-order valence-electron chi connectivity index (χ2n) is 3.80. The third-order valence-corrected chi connectivity index (χ3v) is 2.82. The molecule has 68 valence electrons. The quantitative estimate of drug-likeness (QED) is 0.668. The molecule has 2 atom stereocenters. The molecule has 0 aromatic heterocycles. The van der Waals surface area contributed by atoms with Crippen molar-refractivity contribution in [1.82, 2.24) is 10.2 Å². The molecule has 12 heavy (non-hydrogen) atoms. The topological polar surface area (TPSA) is 32.3 Å². The van der Waals surface area contributed by atoms with Gasteiger partial charge in [0.1, 0.15) is 0 Å². The van der Waals surface area contributed by atoms with Gasteiger partial charge in [-0.15, -0.1) is 0 Å². The van der Waals surface area contributed by atoms with E-state index in [2.05, 4.69) is 12.2 Å². The van der Waals surface area contributed by atoms with Crippen molar-refractivity contribution in [3.8, 4) is 0 Å². The van der Waals surface area contributed by atoms with Crippen LogP contribution in [-0.4, -0.2) is 30.1 Å². The fourth-order valence-electron chi connectivity index (χ4n) is 2.07. The minimum absolute atomic E-state index is 0.290. The summed E-state index contributed by atoms with van der Waals surface area (Å²) < 4.78 is 0. The zero-order valence-corrected chi connectivity index (χ0v) is 7.55. The van der Waals surface area contributed by atoms with Gasteiger partial charge in [0.05, 0.1) is 13.2 Å². The van der Waals surface area contributed by atoms with Crippen molar-refractivity contribution in [2.45, 2.75) is 32.2 Å². The van der Waals surface area contributed by atoms with Gasteiger partial charge in [-0.25, -0.2) is 0 Å². The van der Waals surface area contributed by atoms with Crippen LogP contribution in [0.1, 0.15) is 26.2 Å². The maximum Gasteiger partial charge on any atom is 0.237 e. The van der Waals surface area contributed by atoms with Crippen molar-refractivity contribution < 1.29 is 4.79 Å². The van der Waals surface area contributed by atoms with Crippen LogP contribution in [0, 0.1) is 5.92 Å². The standard InChI is InChI=1S/C9H16N2O/c1-2-3-7-4-8(7)11-6-10-5-9(11)12/h7-8,10H,2-6H2,1H3. The van der Waals surface area contributed by atoms with Gasteiger partial charge < -0.3 is 4.90 Å². The average molecular weight is 168 g/mol. The molecule has 1 saturated carbocycles. The number of nitrogens with one attached hydrogen (secondary N) is 1. The predicted octanol–water partition coefficient (Wildman–Crippen LogP) is 0.564. The monoisotopic (exact) mass is 168 g/mol. The zero-order valence-electron chi connectivity index (χ0n) is 7.55. The van der Waals surface area contributed by atoms with Crippen LogP contribution in [0.4, 0.5) is 0 Å². The van der Waals surface area contributed by atoms with Gasteiger partial charge in [-0.1, -0.05) is 13.3 Å². The number of nitrogens with zero attached hydrogens (tertiary/aromatic N) is 1. The molecule has 0 aromatic rings. The minimum Gasteiger partial charge on any atom is -0.326 e. The first-order valence-electron chi connectivity index (χ1n) is 4.83. The smallest absolute Gasteiger partial charge is 0.237 e. The molecule has 3 nitrogen and oxygen atoms in total. The summed E-state index contributed by atoms with van der Waals surface area (Å²) in [5.41, 5.74) is 0. The first-order chi connectivity index (χ1) is 5.83. The largest absolute Gasteiger partial charge is 0.326 e. The molecular formula is C9H16N2O. The highest BCUT2D eigenvalue weighted by molar-refractivity contribution is 5.80. The highest BCUT2D eigenvalue weighted by Crippen LogP contribution is 2.39. The average Bonchev–Trinajstić information content (AvgIpc) is 2.67. The van der Waals surface area contributed by atoms with Gasteiger partial charge in [0.15, 0.2) is 0 Å². The minimum atomic E-state index is 0.290. The van der Waals surface area contributed by atoms with E-state index in [1.807, 2.05) is 4.90 Å². The summed E-state index contributed by atoms with van der Waals surface area (Å²) >= 11 is 0. The maximum atomic E-state index is 11.3. The lowest BCUT2D eigenvalue weighted by Crippen LogP contribution is -2.29. The van der Waals surface area contributed by atoms with Gasteiger partial charge in [0, 0.05) is 6.04 Å². The van der Waals surface area contributed by atoms with Crippen LogP contribution < -0.4 is 5.32 Å². The van der Waals surface area contributed by atoms with Crippen molar-refractivity contribution >= 4 is 5.91 Å². The Balaban J connectivity index is 1.83. The van der Waals surface area contributed by atoms with E-state index in [4.69, 9.17) is 0 Å². The number of amides is 1. The Kier molecular flexibility index (Phi) is 2.05. The van der Waals surface area contributed by atoms with Gasteiger partial charge in [0.25, 0.3) is 0 Å². The number of carbonyl (C=O) groups is 1. The Morgan fingerprint density at radius 3 is 3.08 bits per heavy atom. The molecular weight excluding hydrogens is 152 g/mol. The molecule has 1 N–H and O–H groups in total. The Hall–Kier alpha value is -0.570. The summed E-state index contributed by atoms with van der Waals surface area (Å²) in [7, 11) is 0. The van der Waals surface area contributed by atoms with E-state index in [0.717, 1.165) is 12.6 Å². The number of rotatable bonds is 3. The van der Waals surface area contributed by atoms with E-state index in [1.54, 1.807) is 0 Å². The van der Waals surface area contributed by atoms with Crippen LogP contribution in [0.15, 0.2) is 0 Å². The Morgan fingerprint density at radius 1 is 1.67 bits per heavy atom. The zero-order chi connectivity index (χ0) is 8.55. The molecule has 3 heteroatoms. The van der Waals surface area contributed by atoms with Gasteiger partial charge in [-0.05, 0) is 18.8 Å². The first kappa shape index (κ1) is 8.05. The third kappa shape index (κ3) is 1.33. The Labute approximate surface area is 73.1 Å². The molecule has 2 fully saturated rings. The molecule has 1 heterocycles. The second-order valence-corrected chi connectivity index (χ2v) is 3.80. The lowest BCUT2D eigenvalue weighted by atomic mass is 10.2. The van der Waals surface area contributed by atoms with E-state index >= 15 is 0 Å². The van der Waals surface area contributed by atoms with Crippen molar-refractivity contribution in [1.29, 1.82) is 0 Å².